The van der Waals surface area contributed by atoms with E-state index in [-0.39, 0.29) is 5.54 Å². The molecule has 4 heterocycles. The third-order valence-electron chi connectivity index (χ3n) is 7.08. The lowest BCUT2D eigenvalue weighted by atomic mass is 9.81. The molecule has 0 radical (unpaired) electrons. The van der Waals surface area contributed by atoms with Crippen LogP contribution in [0.25, 0.3) is 0 Å². The van der Waals surface area contributed by atoms with Crippen molar-refractivity contribution in [1.82, 2.24) is 24.6 Å². The zero-order valence-electron chi connectivity index (χ0n) is 17.9. The van der Waals surface area contributed by atoms with Crippen LogP contribution in [0.5, 0.6) is 0 Å². The van der Waals surface area contributed by atoms with Crippen LogP contribution in [-0.4, -0.2) is 56.4 Å². The van der Waals surface area contributed by atoms with E-state index < -0.39 is 0 Å². The summed E-state index contributed by atoms with van der Waals surface area (Å²) in [6.45, 7) is 6.03. The number of nitriles is 1. The molecule has 1 aliphatic carbocycles. The summed E-state index contributed by atoms with van der Waals surface area (Å²) in [5, 5.41) is 16.9. The fourth-order valence-corrected chi connectivity index (χ4v) is 5.23. The third-order valence-corrected chi connectivity index (χ3v) is 7.08. The smallest absolute Gasteiger partial charge is 0.229 e. The molecule has 0 aromatic carbocycles. The number of anilines is 3. The number of rotatable bonds is 6. The van der Waals surface area contributed by atoms with Crippen LogP contribution in [0.4, 0.5) is 17.5 Å². The summed E-state index contributed by atoms with van der Waals surface area (Å²) in [4.78, 5) is 14.1. The number of aromatic nitrogens is 4. The Morgan fingerprint density at radius 1 is 1.17 bits per heavy atom. The van der Waals surface area contributed by atoms with Gasteiger partial charge in [-0.05, 0) is 57.5 Å². The second-order valence-corrected chi connectivity index (χ2v) is 9.31. The number of hydrogen-bond donors (Lipinski definition) is 1. The molecule has 2 aromatic heterocycles. The predicted molar refractivity (Wildman–Crippen MR) is 115 cm³/mol. The summed E-state index contributed by atoms with van der Waals surface area (Å²) in [5.74, 6) is 3.44. The predicted octanol–water partition coefficient (Wildman–Crippen LogP) is 2.86. The van der Waals surface area contributed by atoms with Crippen molar-refractivity contribution < 1.29 is 0 Å². The van der Waals surface area contributed by atoms with E-state index in [1.54, 1.807) is 10.9 Å². The molecule has 1 saturated carbocycles. The normalized spacial score (nSPS) is 21.8. The standard InChI is InChI=1S/C22H30N8/c1-16-11-24-21(26-19-12-25-28(2)13-19)27-20(16)29-14-22(15-29,7-8-23)30-9-5-18(6-10-30)17-3-4-17/h11-13,17-18H,3-7,9-10,14-15H2,1-2H3,(H,24,26,27). The van der Waals surface area contributed by atoms with Gasteiger partial charge in [-0.3, -0.25) is 9.58 Å². The lowest BCUT2D eigenvalue weighted by Crippen LogP contribution is -2.71. The first-order chi connectivity index (χ1) is 14.6. The molecule has 0 amide bonds. The highest BCUT2D eigenvalue weighted by Gasteiger charge is 2.49. The average molecular weight is 407 g/mol. The topological polar surface area (TPSA) is 85.9 Å². The highest BCUT2D eigenvalue weighted by atomic mass is 15.4. The van der Waals surface area contributed by atoms with Crippen molar-refractivity contribution in [3.05, 3.63) is 24.2 Å². The number of nitrogens with zero attached hydrogens (tertiary/aromatic N) is 7. The van der Waals surface area contributed by atoms with E-state index in [2.05, 4.69) is 38.2 Å². The molecule has 0 unspecified atom stereocenters. The van der Waals surface area contributed by atoms with Crippen LogP contribution >= 0.6 is 0 Å². The lowest BCUT2D eigenvalue weighted by molar-refractivity contribution is 0.0263. The van der Waals surface area contributed by atoms with Crippen LogP contribution < -0.4 is 10.2 Å². The van der Waals surface area contributed by atoms with Crippen LogP contribution in [0, 0.1) is 30.1 Å². The summed E-state index contributed by atoms with van der Waals surface area (Å²) in [5.41, 5.74) is 1.90. The zero-order chi connectivity index (χ0) is 20.7. The van der Waals surface area contributed by atoms with E-state index >= 15 is 0 Å². The van der Waals surface area contributed by atoms with Gasteiger partial charge in [0.05, 0.1) is 29.9 Å². The Kier molecular flexibility index (Phi) is 4.86. The van der Waals surface area contributed by atoms with Gasteiger partial charge in [0, 0.05) is 38.1 Å². The van der Waals surface area contributed by atoms with E-state index in [1.165, 1.54) is 25.7 Å². The first kappa shape index (κ1) is 19.3. The Hall–Kier alpha value is -2.66. The maximum atomic E-state index is 9.53. The maximum absolute atomic E-state index is 9.53. The minimum Gasteiger partial charge on any atom is -0.352 e. The number of piperidine rings is 1. The first-order valence-electron chi connectivity index (χ1n) is 11.0. The van der Waals surface area contributed by atoms with Crippen molar-refractivity contribution in [3.8, 4) is 6.07 Å². The SMILES string of the molecule is Cc1cnc(Nc2cnn(C)c2)nc1N1CC(CC#N)(N2CCC(C3CC3)CC2)C1. The molecular weight excluding hydrogens is 376 g/mol. The fourth-order valence-electron chi connectivity index (χ4n) is 5.23. The van der Waals surface area contributed by atoms with Gasteiger partial charge in [-0.15, -0.1) is 0 Å². The molecular formula is C22H30N8. The van der Waals surface area contributed by atoms with Gasteiger partial charge in [0.15, 0.2) is 0 Å². The molecule has 1 N–H and O–H groups in total. The van der Waals surface area contributed by atoms with E-state index in [0.29, 0.717) is 12.4 Å². The van der Waals surface area contributed by atoms with Gasteiger partial charge in [0.2, 0.25) is 5.95 Å². The Morgan fingerprint density at radius 3 is 2.53 bits per heavy atom. The van der Waals surface area contributed by atoms with Gasteiger partial charge in [0.25, 0.3) is 0 Å². The number of aryl methyl sites for hydroxylation is 2. The molecule has 8 nitrogen and oxygen atoms in total. The third kappa shape index (κ3) is 3.63. The molecule has 0 atom stereocenters. The molecule has 2 aliphatic heterocycles. The van der Waals surface area contributed by atoms with E-state index in [1.807, 2.05) is 19.4 Å². The average Bonchev–Trinajstić information content (AvgIpc) is 3.49. The molecule has 0 spiro atoms. The van der Waals surface area contributed by atoms with Gasteiger partial charge in [-0.2, -0.15) is 15.3 Å². The number of nitrogens with one attached hydrogen (secondary N) is 1. The fraction of sp³-hybridized carbons (Fsp3) is 0.636. The lowest BCUT2D eigenvalue weighted by Gasteiger charge is -2.57. The van der Waals surface area contributed by atoms with Crippen molar-refractivity contribution in [2.75, 3.05) is 36.4 Å². The van der Waals surface area contributed by atoms with Crippen molar-refractivity contribution in [2.45, 2.75) is 44.6 Å². The van der Waals surface area contributed by atoms with Crippen molar-refractivity contribution >= 4 is 17.5 Å². The second kappa shape index (κ2) is 7.55. The van der Waals surface area contributed by atoms with Gasteiger partial charge in [0.1, 0.15) is 5.82 Å². The summed E-state index contributed by atoms with van der Waals surface area (Å²) in [6.07, 6.45) is 11.6. The molecule has 0 bridgehead atoms. The molecule has 8 heteroatoms. The van der Waals surface area contributed by atoms with Crippen molar-refractivity contribution in [3.63, 3.8) is 0 Å². The quantitative estimate of drug-likeness (QED) is 0.789. The van der Waals surface area contributed by atoms with Crippen molar-refractivity contribution in [1.29, 1.82) is 5.26 Å². The van der Waals surface area contributed by atoms with Gasteiger partial charge in [-0.1, -0.05) is 0 Å². The van der Waals surface area contributed by atoms with Crippen LogP contribution in [0.1, 0.15) is 37.7 Å². The Bertz CT molecular complexity index is 942. The maximum Gasteiger partial charge on any atom is 0.229 e. The number of hydrogen-bond acceptors (Lipinski definition) is 7. The highest BCUT2D eigenvalue weighted by molar-refractivity contribution is 5.57. The first-order valence-corrected chi connectivity index (χ1v) is 11.0. The Balaban J connectivity index is 1.28. The van der Waals surface area contributed by atoms with Crippen LogP contribution in [0.2, 0.25) is 0 Å². The van der Waals surface area contributed by atoms with Crippen LogP contribution in [0.3, 0.4) is 0 Å². The van der Waals surface area contributed by atoms with Gasteiger partial charge < -0.3 is 10.2 Å². The van der Waals surface area contributed by atoms with E-state index in [4.69, 9.17) is 4.98 Å². The molecule has 30 heavy (non-hydrogen) atoms. The Labute approximate surface area is 177 Å². The summed E-state index contributed by atoms with van der Waals surface area (Å²) in [7, 11) is 1.88. The second-order valence-electron chi connectivity index (χ2n) is 9.31. The molecule has 5 rings (SSSR count). The number of likely N-dealkylation sites (tertiary alicyclic amines) is 1. The molecule has 2 saturated heterocycles. The molecule has 2 aromatic rings. The molecule has 3 fully saturated rings. The van der Waals surface area contributed by atoms with Crippen LogP contribution in [-0.2, 0) is 7.05 Å². The van der Waals surface area contributed by atoms with Crippen molar-refractivity contribution in [2.24, 2.45) is 18.9 Å². The summed E-state index contributed by atoms with van der Waals surface area (Å²) < 4.78 is 1.75. The monoisotopic (exact) mass is 406 g/mol. The summed E-state index contributed by atoms with van der Waals surface area (Å²) in [6, 6.07) is 2.46. The minimum absolute atomic E-state index is 0.0302. The van der Waals surface area contributed by atoms with E-state index in [9.17, 15) is 5.26 Å². The highest BCUT2D eigenvalue weighted by Crippen LogP contribution is 2.44. The van der Waals surface area contributed by atoms with Crippen LogP contribution in [0.15, 0.2) is 18.6 Å². The van der Waals surface area contributed by atoms with E-state index in [0.717, 1.165) is 55.1 Å². The summed E-state index contributed by atoms with van der Waals surface area (Å²) >= 11 is 0. The Morgan fingerprint density at radius 2 is 1.90 bits per heavy atom. The molecule has 3 aliphatic rings. The largest absolute Gasteiger partial charge is 0.352 e. The zero-order valence-corrected chi connectivity index (χ0v) is 17.9. The van der Waals surface area contributed by atoms with Gasteiger partial charge in [-0.25, -0.2) is 4.98 Å². The van der Waals surface area contributed by atoms with Gasteiger partial charge >= 0.3 is 0 Å². The minimum atomic E-state index is -0.0302. The molecule has 158 valence electrons.